The molecular formula is C16H17FN2O2. The van der Waals surface area contributed by atoms with Crippen LogP contribution in [-0.4, -0.2) is 17.6 Å². The van der Waals surface area contributed by atoms with Gasteiger partial charge in [-0.25, -0.2) is 4.39 Å². The minimum Gasteiger partial charge on any atom is -0.364 e. The molecule has 1 saturated carbocycles. The minimum absolute atomic E-state index is 0.0492. The van der Waals surface area contributed by atoms with Gasteiger partial charge in [-0.05, 0) is 49.4 Å². The Morgan fingerprint density at radius 1 is 1.33 bits per heavy atom. The second-order valence-electron chi connectivity index (χ2n) is 5.44. The van der Waals surface area contributed by atoms with Gasteiger partial charge >= 0.3 is 0 Å². The summed E-state index contributed by atoms with van der Waals surface area (Å²) < 4.78 is 17.9. The first kappa shape index (κ1) is 13.8. The summed E-state index contributed by atoms with van der Waals surface area (Å²) in [4.78, 5) is 11.8. The molecule has 0 radical (unpaired) electrons. The van der Waals surface area contributed by atoms with Crippen LogP contribution in [-0.2, 0) is 11.2 Å². The number of carbonyl (C=O) groups excluding carboxylic acids is 1. The SMILES string of the molecule is O=C(CCc1conc1-c1ccc(F)cc1)NCC1CC1. The number of nitrogens with one attached hydrogen (secondary N) is 1. The lowest BCUT2D eigenvalue weighted by molar-refractivity contribution is -0.121. The van der Waals surface area contributed by atoms with Gasteiger partial charge in [-0.15, -0.1) is 0 Å². The minimum atomic E-state index is -0.289. The summed E-state index contributed by atoms with van der Waals surface area (Å²) in [5.74, 6) is 0.440. The first-order chi connectivity index (χ1) is 10.2. The van der Waals surface area contributed by atoms with Crippen LogP contribution in [0.15, 0.2) is 35.1 Å². The summed E-state index contributed by atoms with van der Waals surface area (Å²) in [6.45, 7) is 0.785. The maximum Gasteiger partial charge on any atom is 0.220 e. The van der Waals surface area contributed by atoms with Crippen LogP contribution in [0.25, 0.3) is 11.3 Å². The van der Waals surface area contributed by atoms with Gasteiger partial charge in [0.25, 0.3) is 0 Å². The van der Waals surface area contributed by atoms with Crippen LogP contribution in [0.1, 0.15) is 24.8 Å². The van der Waals surface area contributed by atoms with Crippen LogP contribution >= 0.6 is 0 Å². The van der Waals surface area contributed by atoms with E-state index in [1.807, 2.05) is 0 Å². The summed E-state index contributed by atoms with van der Waals surface area (Å²) in [5, 5.41) is 6.88. The molecule has 4 nitrogen and oxygen atoms in total. The Labute approximate surface area is 122 Å². The Morgan fingerprint density at radius 3 is 2.81 bits per heavy atom. The van der Waals surface area contributed by atoms with Crippen LogP contribution in [0.4, 0.5) is 4.39 Å². The molecule has 1 fully saturated rings. The van der Waals surface area contributed by atoms with Crippen LogP contribution < -0.4 is 5.32 Å². The van der Waals surface area contributed by atoms with Crippen molar-refractivity contribution in [3.05, 3.63) is 41.9 Å². The molecule has 110 valence electrons. The molecule has 0 bridgehead atoms. The van der Waals surface area contributed by atoms with Crippen molar-refractivity contribution < 1.29 is 13.7 Å². The van der Waals surface area contributed by atoms with Gasteiger partial charge in [-0.3, -0.25) is 4.79 Å². The fraction of sp³-hybridized carbons (Fsp3) is 0.375. The molecule has 1 heterocycles. The van der Waals surface area contributed by atoms with E-state index in [1.165, 1.54) is 25.0 Å². The number of hydrogen-bond donors (Lipinski definition) is 1. The third-order valence-electron chi connectivity index (χ3n) is 3.67. The van der Waals surface area contributed by atoms with Crippen LogP contribution in [0.2, 0.25) is 0 Å². The number of nitrogens with zero attached hydrogens (tertiary/aromatic N) is 1. The fourth-order valence-electron chi connectivity index (χ4n) is 2.20. The summed E-state index contributed by atoms with van der Waals surface area (Å²) in [6.07, 6.45) is 4.96. The molecule has 0 aliphatic heterocycles. The van der Waals surface area contributed by atoms with E-state index in [4.69, 9.17) is 4.52 Å². The molecule has 1 aromatic heterocycles. The van der Waals surface area contributed by atoms with Gasteiger partial charge in [-0.1, -0.05) is 5.16 Å². The Hall–Kier alpha value is -2.17. The lowest BCUT2D eigenvalue weighted by Crippen LogP contribution is -2.25. The van der Waals surface area contributed by atoms with Crippen molar-refractivity contribution in [3.63, 3.8) is 0 Å². The van der Waals surface area contributed by atoms with Gasteiger partial charge < -0.3 is 9.84 Å². The topological polar surface area (TPSA) is 55.1 Å². The first-order valence-electron chi connectivity index (χ1n) is 7.18. The molecule has 0 saturated heterocycles. The number of aryl methyl sites for hydroxylation is 1. The highest BCUT2D eigenvalue weighted by Crippen LogP contribution is 2.27. The predicted octanol–water partition coefficient (Wildman–Crippen LogP) is 2.94. The smallest absolute Gasteiger partial charge is 0.220 e. The zero-order valence-electron chi connectivity index (χ0n) is 11.6. The second-order valence-corrected chi connectivity index (χ2v) is 5.44. The molecule has 1 aliphatic carbocycles. The van der Waals surface area contributed by atoms with E-state index in [-0.39, 0.29) is 11.7 Å². The average Bonchev–Trinajstić information content (AvgIpc) is 3.20. The fourth-order valence-corrected chi connectivity index (χ4v) is 2.20. The highest BCUT2D eigenvalue weighted by atomic mass is 19.1. The zero-order valence-corrected chi connectivity index (χ0v) is 11.6. The summed E-state index contributed by atoms with van der Waals surface area (Å²) in [6, 6.07) is 6.08. The first-order valence-corrected chi connectivity index (χ1v) is 7.18. The number of rotatable bonds is 6. The molecule has 1 aromatic carbocycles. The van der Waals surface area contributed by atoms with Gasteiger partial charge in [0.2, 0.25) is 5.91 Å². The standard InChI is InChI=1S/C16H17FN2O2/c17-14-6-3-12(4-7-14)16-13(10-21-19-16)5-8-15(20)18-9-11-1-2-11/h3-4,6-7,10-11H,1-2,5,8-9H2,(H,18,20). The molecular weight excluding hydrogens is 271 g/mol. The molecule has 5 heteroatoms. The average molecular weight is 288 g/mol. The summed E-state index contributed by atoms with van der Waals surface area (Å²) >= 11 is 0. The van der Waals surface area contributed by atoms with E-state index >= 15 is 0 Å². The van der Waals surface area contributed by atoms with Gasteiger partial charge in [-0.2, -0.15) is 0 Å². The number of hydrogen-bond acceptors (Lipinski definition) is 3. The van der Waals surface area contributed by atoms with E-state index in [0.717, 1.165) is 17.7 Å². The lowest BCUT2D eigenvalue weighted by Gasteiger charge is -2.04. The Balaban J connectivity index is 1.59. The largest absolute Gasteiger partial charge is 0.364 e. The maximum atomic E-state index is 12.9. The predicted molar refractivity (Wildman–Crippen MR) is 76.0 cm³/mol. The maximum absolute atomic E-state index is 12.9. The second kappa shape index (κ2) is 6.08. The van der Waals surface area contributed by atoms with Gasteiger partial charge in [0.15, 0.2) is 0 Å². The molecule has 1 N–H and O–H groups in total. The third kappa shape index (κ3) is 3.68. The molecule has 0 spiro atoms. The Morgan fingerprint density at radius 2 is 2.10 bits per heavy atom. The van der Waals surface area contributed by atoms with Crippen molar-refractivity contribution in [2.75, 3.05) is 6.54 Å². The molecule has 3 rings (SSSR count). The number of carbonyl (C=O) groups is 1. The van der Waals surface area contributed by atoms with E-state index in [0.29, 0.717) is 24.5 Å². The van der Waals surface area contributed by atoms with Gasteiger partial charge in [0.05, 0.1) is 0 Å². The molecule has 0 unspecified atom stereocenters. The van der Waals surface area contributed by atoms with E-state index < -0.39 is 0 Å². The van der Waals surface area contributed by atoms with Crippen LogP contribution in [0.5, 0.6) is 0 Å². The number of amides is 1. The summed E-state index contributed by atoms with van der Waals surface area (Å²) in [5.41, 5.74) is 2.33. The Kier molecular flexibility index (Phi) is 3.99. The monoisotopic (exact) mass is 288 g/mol. The van der Waals surface area contributed by atoms with Crippen molar-refractivity contribution in [2.24, 2.45) is 5.92 Å². The normalized spacial score (nSPS) is 14.1. The number of halogens is 1. The number of benzene rings is 1. The molecule has 1 amide bonds. The Bertz CT molecular complexity index is 617. The van der Waals surface area contributed by atoms with Crippen molar-refractivity contribution >= 4 is 5.91 Å². The van der Waals surface area contributed by atoms with E-state index in [9.17, 15) is 9.18 Å². The lowest BCUT2D eigenvalue weighted by atomic mass is 10.0. The van der Waals surface area contributed by atoms with Crippen molar-refractivity contribution in [2.45, 2.75) is 25.7 Å². The molecule has 21 heavy (non-hydrogen) atoms. The van der Waals surface area contributed by atoms with Crippen molar-refractivity contribution in [1.82, 2.24) is 10.5 Å². The van der Waals surface area contributed by atoms with E-state index in [1.54, 1.807) is 18.4 Å². The van der Waals surface area contributed by atoms with Gasteiger partial charge in [0.1, 0.15) is 17.8 Å². The molecule has 0 atom stereocenters. The number of aromatic nitrogens is 1. The summed E-state index contributed by atoms with van der Waals surface area (Å²) in [7, 11) is 0. The zero-order chi connectivity index (χ0) is 14.7. The van der Waals surface area contributed by atoms with E-state index in [2.05, 4.69) is 10.5 Å². The van der Waals surface area contributed by atoms with Crippen LogP contribution in [0, 0.1) is 11.7 Å². The quantitative estimate of drug-likeness (QED) is 0.889. The van der Waals surface area contributed by atoms with Crippen molar-refractivity contribution in [3.8, 4) is 11.3 Å². The highest BCUT2D eigenvalue weighted by molar-refractivity contribution is 5.76. The van der Waals surface area contributed by atoms with Gasteiger partial charge in [0, 0.05) is 24.1 Å². The van der Waals surface area contributed by atoms with Crippen LogP contribution in [0.3, 0.4) is 0 Å². The highest BCUT2D eigenvalue weighted by Gasteiger charge is 2.21. The third-order valence-corrected chi connectivity index (χ3v) is 3.67. The molecule has 2 aromatic rings. The van der Waals surface area contributed by atoms with Crippen molar-refractivity contribution in [1.29, 1.82) is 0 Å². The molecule has 1 aliphatic rings.